The van der Waals surface area contributed by atoms with Gasteiger partial charge >= 0.3 is 0 Å². The number of hydrogen-bond acceptors (Lipinski definition) is 4. The summed E-state index contributed by atoms with van der Waals surface area (Å²) < 4.78 is 0. The fourth-order valence-electron chi connectivity index (χ4n) is 2.60. The summed E-state index contributed by atoms with van der Waals surface area (Å²) >= 11 is 0. The first-order chi connectivity index (χ1) is 8.78. The second kappa shape index (κ2) is 6.34. The molecule has 0 saturated heterocycles. The third kappa shape index (κ3) is 3.69. The summed E-state index contributed by atoms with van der Waals surface area (Å²) in [6, 6.07) is 3.77. The Morgan fingerprint density at radius 3 is 2.83 bits per heavy atom. The van der Waals surface area contributed by atoms with Gasteiger partial charge in [-0.1, -0.05) is 32.1 Å². The minimum absolute atomic E-state index is 0.433. The standard InChI is InChI=1S/C14H20N4/c1-11-17-13(10-15)9-14(18-11)16-8-7-12-5-3-2-4-6-12/h9,12H,2-8H2,1H3,(H,16,17,18). The molecule has 0 aliphatic heterocycles. The third-order valence-corrected chi connectivity index (χ3v) is 3.54. The van der Waals surface area contributed by atoms with Crippen molar-refractivity contribution in [1.29, 1.82) is 5.26 Å². The van der Waals surface area contributed by atoms with E-state index < -0.39 is 0 Å². The summed E-state index contributed by atoms with van der Waals surface area (Å²) in [7, 11) is 0. The topological polar surface area (TPSA) is 61.6 Å². The van der Waals surface area contributed by atoms with Crippen molar-refractivity contribution < 1.29 is 0 Å². The van der Waals surface area contributed by atoms with E-state index in [0.717, 1.165) is 18.3 Å². The first-order valence-corrected chi connectivity index (χ1v) is 6.77. The molecule has 1 N–H and O–H groups in total. The summed E-state index contributed by atoms with van der Waals surface area (Å²) in [5, 5.41) is 12.2. The fraction of sp³-hybridized carbons (Fsp3) is 0.643. The highest BCUT2D eigenvalue weighted by atomic mass is 15.0. The van der Waals surface area contributed by atoms with Gasteiger partial charge in [0.05, 0.1) is 0 Å². The van der Waals surface area contributed by atoms with Crippen molar-refractivity contribution in [1.82, 2.24) is 9.97 Å². The smallest absolute Gasteiger partial charge is 0.146 e. The maximum Gasteiger partial charge on any atom is 0.146 e. The quantitative estimate of drug-likeness (QED) is 0.884. The van der Waals surface area contributed by atoms with Crippen LogP contribution in [0.2, 0.25) is 0 Å². The summed E-state index contributed by atoms with van der Waals surface area (Å²) in [6.45, 7) is 2.75. The SMILES string of the molecule is Cc1nc(C#N)cc(NCCC2CCCCC2)n1. The van der Waals surface area contributed by atoms with Crippen LogP contribution in [-0.2, 0) is 0 Å². The molecular weight excluding hydrogens is 224 g/mol. The number of nitriles is 1. The van der Waals surface area contributed by atoms with Gasteiger partial charge < -0.3 is 5.32 Å². The van der Waals surface area contributed by atoms with Gasteiger partial charge in [0, 0.05) is 12.6 Å². The van der Waals surface area contributed by atoms with Crippen LogP contribution >= 0.6 is 0 Å². The molecule has 1 aromatic heterocycles. The van der Waals surface area contributed by atoms with Gasteiger partial charge in [0.15, 0.2) is 0 Å². The molecule has 1 fully saturated rings. The van der Waals surface area contributed by atoms with E-state index in [-0.39, 0.29) is 0 Å². The third-order valence-electron chi connectivity index (χ3n) is 3.54. The predicted molar refractivity (Wildman–Crippen MR) is 71.2 cm³/mol. The second-order valence-corrected chi connectivity index (χ2v) is 5.02. The van der Waals surface area contributed by atoms with Gasteiger partial charge in [0.2, 0.25) is 0 Å². The number of aromatic nitrogens is 2. The lowest BCUT2D eigenvalue weighted by atomic mass is 9.87. The molecule has 2 rings (SSSR count). The molecule has 0 amide bonds. The molecule has 1 saturated carbocycles. The highest BCUT2D eigenvalue weighted by Crippen LogP contribution is 2.26. The molecule has 0 spiro atoms. The van der Waals surface area contributed by atoms with E-state index in [1.807, 2.05) is 6.92 Å². The number of nitrogens with one attached hydrogen (secondary N) is 1. The monoisotopic (exact) mass is 244 g/mol. The van der Waals surface area contributed by atoms with Crippen LogP contribution in [0.25, 0.3) is 0 Å². The van der Waals surface area contributed by atoms with E-state index in [4.69, 9.17) is 5.26 Å². The highest BCUT2D eigenvalue weighted by Gasteiger charge is 2.12. The summed E-state index contributed by atoms with van der Waals surface area (Å²) in [5.74, 6) is 2.29. The molecule has 4 heteroatoms. The number of hydrogen-bond donors (Lipinski definition) is 1. The number of anilines is 1. The zero-order valence-electron chi connectivity index (χ0n) is 10.9. The average Bonchev–Trinajstić information content (AvgIpc) is 2.39. The number of nitrogens with zero attached hydrogens (tertiary/aromatic N) is 3. The molecule has 0 radical (unpaired) electrons. The Labute approximate surface area is 108 Å². The Morgan fingerprint density at radius 1 is 1.33 bits per heavy atom. The molecule has 0 aromatic carbocycles. The maximum absolute atomic E-state index is 8.85. The lowest BCUT2D eigenvalue weighted by molar-refractivity contribution is 0.345. The largest absolute Gasteiger partial charge is 0.370 e. The number of aryl methyl sites for hydroxylation is 1. The first-order valence-electron chi connectivity index (χ1n) is 6.77. The highest BCUT2D eigenvalue weighted by molar-refractivity contribution is 5.39. The van der Waals surface area contributed by atoms with Crippen molar-refractivity contribution in [2.24, 2.45) is 5.92 Å². The van der Waals surface area contributed by atoms with Gasteiger partial charge in [0.25, 0.3) is 0 Å². The Kier molecular flexibility index (Phi) is 4.52. The van der Waals surface area contributed by atoms with Crippen molar-refractivity contribution in [3.63, 3.8) is 0 Å². The molecule has 0 atom stereocenters. The molecule has 4 nitrogen and oxygen atoms in total. The van der Waals surface area contributed by atoms with Crippen LogP contribution in [-0.4, -0.2) is 16.5 Å². The molecule has 1 aliphatic carbocycles. The van der Waals surface area contributed by atoms with Gasteiger partial charge in [-0.3, -0.25) is 0 Å². The molecule has 1 aliphatic rings. The van der Waals surface area contributed by atoms with Gasteiger partial charge in [-0.2, -0.15) is 5.26 Å². The first kappa shape index (κ1) is 12.8. The summed E-state index contributed by atoms with van der Waals surface area (Å²) in [4.78, 5) is 8.33. The van der Waals surface area contributed by atoms with Crippen LogP contribution in [0, 0.1) is 24.2 Å². The number of rotatable bonds is 4. The predicted octanol–water partition coefficient (Wildman–Crippen LogP) is 3.04. The van der Waals surface area contributed by atoms with Crippen molar-refractivity contribution in [3.8, 4) is 6.07 Å². The van der Waals surface area contributed by atoms with E-state index >= 15 is 0 Å². The van der Waals surface area contributed by atoms with Crippen molar-refractivity contribution in [3.05, 3.63) is 17.6 Å². The Bertz CT molecular complexity index is 430. The van der Waals surface area contributed by atoms with Gasteiger partial charge in [0.1, 0.15) is 23.4 Å². The van der Waals surface area contributed by atoms with Gasteiger partial charge in [-0.25, -0.2) is 9.97 Å². The minimum atomic E-state index is 0.433. The zero-order valence-corrected chi connectivity index (χ0v) is 10.9. The summed E-state index contributed by atoms with van der Waals surface area (Å²) in [6.07, 6.45) is 8.11. The van der Waals surface area contributed by atoms with Crippen LogP contribution in [0.5, 0.6) is 0 Å². The van der Waals surface area contributed by atoms with E-state index in [9.17, 15) is 0 Å². The van der Waals surface area contributed by atoms with Crippen molar-refractivity contribution in [2.45, 2.75) is 45.4 Å². The van der Waals surface area contributed by atoms with Gasteiger partial charge in [-0.05, 0) is 19.3 Å². The van der Waals surface area contributed by atoms with Crippen LogP contribution in [0.3, 0.4) is 0 Å². The zero-order chi connectivity index (χ0) is 12.8. The van der Waals surface area contributed by atoms with E-state index in [0.29, 0.717) is 11.5 Å². The fourth-order valence-corrected chi connectivity index (χ4v) is 2.60. The van der Waals surface area contributed by atoms with E-state index in [1.165, 1.54) is 38.5 Å². The van der Waals surface area contributed by atoms with Crippen LogP contribution in [0.1, 0.15) is 50.0 Å². The van der Waals surface area contributed by atoms with Crippen LogP contribution in [0.4, 0.5) is 5.82 Å². The lowest BCUT2D eigenvalue weighted by Gasteiger charge is -2.21. The molecule has 0 bridgehead atoms. The van der Waals surface area contributed by atoms with Crippen LogP contribution < -0.4 is 5.32 Å². The van der Waals surface area contributed by atoms with Crippen molar-refractivity contribution >= 4 is 5.82 Å². The minimum Gasteiger partial charge on any atom is -0.370 e. The van der Waals surface area contributed by atoms with Gasteiger partial charge in [-0.15, -0.1) is 0 Å². The second-order valence-electron chi connectivity index (χ2n) is 5.02. The molecule has 1 heterocycles. The lowest BCUT2D eigenvalue weighted by Crippen LogP contribution is -2.13. The average molecular weight is 244 g/mol. The maximum atomic E-state index is 8.85. The Balaban J connectivity index is 1.82. The Morgan fingerprint density at radius 2 is 2.11 bits per heavy atom. The normalized spacial score (nSPS) is 16.2. The Hall–Kier alpha value is -1.63. The molecule has 18 heavy (non-hydrogen) atoms. The summed E-state index contributed by atoms with van der Waals surface area (Å²) in [5.41, 5.74) is 0.433. The molecular formula is C14H20N4. The van der Waals surface area contributed by atoms with E-state index in [2.05, 4.69) is 21.4 Å². The van der Waals surface area contributed by atoms with E-state index in [1.54, 1.807) is 6.07 Å². The molecule has 1 aromatic rings. The molecule has 0 unspecified atom stereocenters. The van der Waals surface area contributed by atoms with Crippen molar-refractivity contribution in [2.75, 3.05) is 11.9 Å². The van der Waals surface area contributed by atoms with Crippen LogP contribution in [0.15, 0.2) is 6.07 Å². The molecule has 96 valence electrons.